The molecule has 0 saturated carbocycles. The largest absolute Gasteiger partial charge is 0.393 e. The van der Waals surface area contributed by atoms with Gasteiger partial charge in [-0.3, -0.25) is 4.79 Å². The number of thiocarbonyl (C=S) groups is 1. The second kappa shape index (κ2) is 5.62. The molecule has 1 fully saturated rings. The molecule has 0 aromatic heterocycles. The molecule has 3 nitrogen and oxygen atoms in total. The smallest absolute Gasteiger partial charge is 0.233 e. The molecule has 1 aliphatic heterocycles. The highest BCUT2D eigenvalue weighted by Crippen LogP contribution is 2.24. The predicted molar refractivity (Wildman–Crippen MR) is 70.1 cm³/mol. The minimum Gasteiger partial charge on any atom is -0.393 e. The van der Waals surface area contributed by atoms with Crippen LogP contribution in [-0.4, -0.2) is 28.4 Å². The van der Waals surface area contributed by atoms with Crippen LogP contribution in [0.5, 0.6) is 0 Å². The number of nitrogens with zero attached hydrogens (tertiary/aromatic N) is 1. The lowest BCUT2D eigenvalue weighted by Crippen LogP contribution is -2.45. The fourth-order valence-corrected chi connectivity index (χ4v) is 2.84. The lowest BCUT2D eigenvalue weighted by atomic mass is 9.94. The number of carbonyl (C=O) groups is 1. The van der Waals surface area contributed by atoms with Crippen molar-refractivity contribution in [3.63, 3.8) is 0 Å². The number of hydrogen-bond acceptors (Lipinski definition) is 2. The molecule has 0 radical (unpaired) electrons. The molecule has 2 atom stereocenters. The molecule has 2 N–H and O–H groups in total. The fourth-order valence-electron chi connectivity index (χ4n) is 2.46. The quantitative estimate of drug-likeness (QED) is 0.766. The minimum atomic E-state index is -0.290. The maximum Gasteiger partial charge on any atom is 0.233 e. The third-order valence-corrected chi connectivity index (χ3v) is 3.62. The first kappa shape index (κ1) is 13.4. The van der Waals surface area contributed by atoms with E-state index >= 15 is 0 Å². The van der Waals surface area contributed by atoms with Crippen molar-refractivity contribution in [1.29, 1.82) is 0 Å². The molecular weight excluding hydrogens is 220 g/mol. The van der Waals surface area contributed by atoms with Gasteiger partial charge in [0, 0.05) is 12.6 Å². The zero-order valence-corrected chi connectivity index (χ0v) is 11.2. The fraction of sp³-hybridized carbons (Fsp3) is 0.833. The Morgan fingerprint density at radius 2 is 2.19 bits per heavy atom. The van der Waals surface area contributed by atoms with Crippen LogP contribution >= 0.6 is 12.2 Å². The summed E-state index contributed by atoms with van der Waals surface area (Å²) in [6, 6.07) is 0.392. The standard InChI is InChI=1S/C12H22N2OS/c1-4-9-6-5-7-14(9)12(15)10(8(2)3)11(13)16/h8-10H,4-7H2,1-3H3,(H2,13,16). The molecule has 2 unspecified atom stereocenters. The molecule has 1 heterocycles. The molecule has 0 aliphatic carbocycles. The van der Waals surface area contributed by atoms with Crippen LogP contribution in [0.15, 0.2) is 0 Å². The molecule has 16 heavy (non-hydrogen) atoms. The summed E-state index contributed by atoms with van der Waals surface area (Å²) in [5, 5.41) is 0. The second-order valence-electron chi connectivity index (χ2n) is 4.86. The number of hydrogen-bond donors (Lipinski definition) is 1. The van der Waals surface area contributed by atoms with Crippen molar-refractivity contribution in [1.82, 2.24) is 4.90 Å². The lowest BCUT2D eigenvalue weighted by Gasteiger charge is -2.29. The maximum atomic E-state index is 12.4. The molecule has 1 rings (SSSR count). The van der Waals surface area contributed by atoms with Crippen molar-refractivity contribution in [3.05, 3.63) is 0 Å². The van der Waals surface area contributed by atoms with Crippen LogP contribution in [0.3, 0.4) is 0 Å². The predicted octanol–water partition coefficient (Wildman–Crippen LogP) is 1.95. The minimum absolute atomic E-state index is 0.131. The maximum absolute atomic E-state index is 12.4. The molecule has 92 valence electrons. The van der Waals surface area contributed by atoms with Gasteiger partial charge < -0.3 is 10.6 Å². The van der Waals surface area contributed by atoms with E-state index in [0.29, 0.717) is 11.0 Å². The summed E-state index contributed by atoms with van der Waals surface area (Å²) in [5.74, 6) is 0.0251. The van der Waals surface area contributed by atoms with Crippen LogP contribution in [0.25, 0.3) is 0 Å². The van der Waals surface area contributed by atoms with E-state index in [1.165, 1.54) is 0 Å². The van der Waals surface area contributed by atoms with Gasteiger partial charge in [0.05, 0.1) is 10.9 Å². The average Bonchev–Trinajstić information content (AvgIpc) is 2.63. The van der Waals surface area contributed by atoms with E-state index < -0.39 is 0 Å². The number of likely N-dealkylation sites (tertiary alicyclic amines) is 1. The second-order valence-corrected chi connectivity index (χ2v) is 5.33. The van der Waals surface area contributed by atoms with E-state index in [4.69, 9.17) is 18.0 Å². The van der Waals surface area contributed by atoms with Gasteiger partial charge in [-0.05, 0) is 25.2 Å². The van der Waals surface area contributed by atoms with E-state index in [1.54, 1.807) is 0 Å². The van der Waals surface area contributed by atoms with Gasteiger partial charge in [-0.1, -0.05) is 33.0 Å². The number of carbonyl (C=O) groups excluding carboxylic acids is 1. The molecule has 1 aliphatic rings. The van der Waals surface area contributed by atoms with Crippen LogP contribution in [0, 0.1) is 11.8 Å². The van der Waals surface area contributed by atoms with Crippen LogP contribution < -0.4 is 5.73 Å². The van der Waals surface area contributed by atoms with Gasteiger partial charge in [-0.15, -0.1) is 0 Å². The summed E-state index contributed by atoms with van der Waals surface area (Å²) in [4.78, 5) is 14.7. The first-order chi connectivity index (χ1) is 7.49. The van der Waals surface area contributed by atoms with Gasteiger partial charge in [0.1, 0.15) is 0 Å². The van der Waals surface area contributed by atoms with E-state index in [0.717, 1.165) is 25.8 Å². The van der Waals surface area contributed by atoms with Gasteiger partial charge in [0.25, 0.3) is 0 Å². The SMILES string of the molecule is CCC1CCCN1C(=O)C(C(N)=S)C(C)C. The van der Waals surface area contributed by atoms with Crippen LogP contribution in [-0.2, 0) is 4.79 Å². The van der Waals surface area contributed by atoms with Crippen LogP contribution in [0.2, 0.25) is 0 Å². The highest BCUT2D eigenvalue weighted by molar-refractivity contribution is 7.80. The summed E-state index contributed by atoms with van der Waals surface area (Å²) in [6.07, 6.45) is 3.24. The Morgan fingerprint density at radius 3 is 2.62 bits per heavy atom. The Kier molecular flexibility index (Phi) is 4.71. The third-order valence-electron chi connectivity index (χ3n) is 3.37. The molecule has 4 heteroatoms. The van der Waals surface area contributed by atoms with Gasteiger partial charge in [0.15, 0.2) is 0 Å². The highest BCUT2D eigenvalue weighted by atomic mass is 32.1. The monoisotopic (exact) mass is 242 g/mol. The molecule has 0 aromatic carbocycles. The van der Waals surface area contributed by atoms with E-state index in [2.05, 4.69) is 6.92 Å². The van der Waals surface area contributed by atoms with Crippen molar-refractivity contribution >= 4 is 23.1 Å². The van der Waals surface area contributed by atoms with E-state index in [-0.39, 0.29) is 17.7 Å². The third kappa shape index (κ3) is 2.73. The Labute approximate surface area is 103 Å². The van der Waals surface area contributed by atoms with Gasteiger partial charge in [-0.25, -0.2) is 0 Å². The highest BCUT2D eigenvalue weighted by Gasteiger charge is 2.34. The first-order valence-corrected chi connectivity index (χ1v) is 6.49. The summed E-state index contributed by atoms with van der Waals surface area (Å²) < 4.78 is 0. The Morgan fingerprint density at radius 1 is 1.56 bits per heavy atom. The summed E-state index contributed by atoms with van der Waals surface area (Å²) in [5.41, 5.74) is 5.68. The molecule has 0 bridgehead atoms. The van der Waals surface area contributed by atoms with Crippen molar-refractivity contribution in [2.45, 2.75) is 46.1 Å². The van der Waals surface area contributed by atoms with Crippen LogP contribution in [0.1, 0.15) is 40.0 Å². The lowest BCUT2D eigenvalue weighted by molar-refractivity contribution is -0.135. The molecule has 1 saturated heterocycles. The molecule has 1 amide bonds. The van der Waals surface area contributed by atoms with Gasteiger partial charge in [-0.2, -0.15) is 0 Å². The number of rotatable bonds is 4. The van der Waals surface area contributed by atoms with Crippen molar-refractivity contribution in [2.75, 3.05) is 6.54 Å². The van der Waals surface area contributed by atoms with Gasteiger partial charge in [0.2, 0.25) is 5.91 Å². The average molecular weight is 242 g/mol. The van der Waals surface area contributed by atoms with Crippen molar-refractivity contribution in [3.8, 4) is 0 Å². The zero-order valence-electron chi connectivity index (χ0n) is 10.4. The van der Waals surface area contributed by atoms with E-state index in [9.17, 15) is 4.79 Å². The number of amides is 1. The zero-order chi connectivity index (χ0) is 12.3. The first-order valence-electron chi connectivity index (χ1n) is 6.08. The Hall–Kier alpha value is -0.640. The van der Waals surface area contributed by atoms with Crippen molar-refractivity contribution in [2.24, 2.45) is 17.6 Å². The van der Waals surface area contributed by atoms with Crippen molar-refractivity contribution < 1.29 is 4.79 Å². The Balaban J connectivity index is 2.78. The van der Waals surface area contributed by atoms with Gasteiger partial charge >= 0.3 is 0 Å². The molecule has 0 aromatic rings. The Bertz CT molecular complexity index is 278. The van der Waals surface area contributed by atoms with E-state index in [1.807, 2.05) is 18.7 Å². The molecular formula is C12H22N2OS. The normalized spacial score (nSPS) is 22.5. The molecule has 0 spiro atoms. The summed E-state index contributed by atoms with van der Waals surface area (Å²) in [6.45, 7) is 6.99. The summed E-state index contributed by atoms with van der Waals surface area (Å²) in [7, 11) is 0. The summed E-state index contributed by atoms with van der Waals surface area (Å²) >= 11 is 5.01. The van der Waals surface area contributed by atoms with Crippen LogP contribution in [0.4, 0.5) is 0 Å². The number of nitrogens with two attached hydrogens (primary N) is 1. The topological polar surface area (TPSA) is 46.3 Å².